The van der Waals surface area contributed by atoms with E-state index in [0.29, 0.717) is 6.61 Å². The van der Waals surface area contributed by atoms with Crippen LogP contribution in [0.15, 0.2) is 30.3 Å². The molecule has 1 rings (SSSR count). The molecule has 0 aliphatic rings. The number of hydrogen-bond donors (Lipinski definition) is 0. The third-order valence-electron chi connectivity index (χ3n) is 1.27. The summed E-state index contributed by atoms with van der Waals surface area (Å²) in [7, 11) is 0. The number of rotatable bonds is 3. The number of benzene rings is 1. The van der Waals surface area contributed by atoms with Gasteiger partial charge in [0, 0.05) is 0 Å². The first-order valence-electron chi connectivity index (χ1n) is 3.38. The Kier molecular flexibility index (Phi) is 3.17. The van der Waals surface area contributed by atoms with E-state index in [9.17, 15) is 0 Å². The molecular weight excluding hydrogens is 138 g/mol. The van der Waals surface area contributed by atoms with Crippen molar-refractivity contribution in [1.82, 2.24) is 0 Å². The summed E-state index contributed by atoms with van der Waals surface area (Å²) in [6.07, 6.45) is 0. The van der Waals surface area contributed by atoms with Crippen LogP contribution < -0.4 is 0 Å². The molecule has 0 aromatic heterocycles. The molecule has 1 aromatic rings. The Morgan fingerprint density at radius 3 is 2.64 bits per heavy atom. The maximum absolute atomic E-state index is 6.47. The zero-order valence-corrected chi connectivity index (χ0v) is 6.16. The molecule has 0 amide bonds. The van der Waals surface area contributed by atoms with Crippen LogP contribution in [0.1, 0.15) is 5.56 Å². The number of nitrogens with zero attached hydrogens (tertiary/aromatic N) is 1. The fourth-order valence-corrected chi connectivity index (χ4v) is 0.783. The summed E-state index contributed by atoms with van der Waals surface area (Å²) in [5, 5.41) is 0. The molecule has 0 atom stereocenters. The van der Waals surface area contributed by atoms with Gasteiger partial charge >= 0.3 is 6.73 Å². The van der Waals surface area contributed by atoms with E-state index in [2.05, 4.69) is 4.85 Å². The zero-order chi connectivity index (χ0) is 7.94. The highest BCUT2D eigenvalue weighted by atomic mass is 16.5. The van der Waals surface area contributed by atoms with Gasteiger partial charge in [-0.25, -0.2) is 6.57 Å². The van der Waals surface area contributed by atoms with E-state index in [1.54, 1.807) is 0 Å². The van der Waals surface area contributed by atoms with E-state index in [-0.39, 0.29) is 6.73 Å². The average Bonchev–Trinajstić information content (AvgIpc) is 2.07. The minimum absolute atomic E-state index is 0.148. The van der Waals surface area contributed by atoms with E-state index in [1.807, 2.05) is 30.3 Å². The molecule has 0 bridgehead atoms. The van der Waals surface area contributed by atoms with E-state index in [0.717, 1.165) is 5.56 Å². The van der Waals surface area contributed by atoms with Gasteiger partial charge in [0.1, 0.15) is 0 Å². The normalized spacial score (nSPS) is 9.00. The van der Waals surface area contributed by atoms with E-state index < -0.39 is 0 Å². The molecule has 0 aliphatic carbocycles. The highest BCUT2D eigenvalue weighted by Gasteiger charge is 1.90. The molecule has 56 valence electrons. The number of ether oxygens (including phenoxy) is 1. The quantitative estimate of drug-likeness (QED) is 0.471. The Morgan fingerprint density at radius 1 is 1.27 bits per heavy atom. The molecule has 0 spiro atoms. The van der Waals surface area contributed by atoms with Gasteiger partial charge in [-0.1, -0.05) is 30.3 Å². The van der Waals surface area contributed by atoms with Gasteiger partial charge in [0.15, 0.2) is 0 Å². The van der Waals surface area contributed by atoms with Crippen LogP contribution in [0.3, 0.4) is 0 Å². The van der Waals surface area contributed by atoms with Crippen LogP contribution in [0.2, 0.25) is 0 Å². The van der Waals surface area contributed by atoms with Crippen LogP contribution in [0.5, 0.6) is 0 Å². The topological polar surface area (TPSA) is 13.6 Å². The molecule has 1 aromatic carbocycles. The fourth-order valence-electron chi connectivity index (χ4n) is 0.783. The van der Waals surface area contributed by atoms with Crippen molar-refractivity contribution in [1.29, 1.82) is 0 Å². The molecule has 11 heavy (non-hydrogen) atoms. The first kappa shape index (κ1) is 7.77. The molecule has 2 heteroatoms. The Morgan fingerprint density at radius 2 is 2.00 bits per heavy atom. The molecule has 0 unspecified atom stereocenters. The molecule has 0 radical (unpaired) electrons. The van der Waals surface area contributed by atoms with Crippen molar-refractivity contribution < 1.29 is 4.74 Å². The minimum Gasteiger partial charge on any atom is -0.308 e. The molecule has 0 saturated carbocycles. The van der Waals surface area contributed by atoms with Crippen molar-refractivity contribution in [2.75, 3.05) is 6.73 Å². The second kappa shape index (κ2) is 4.48. The Balaban J connectivity index is 2.35. The monoisotopic (exact) mass is 147 g/mol. The highest BCUT2D eigenvalue weighted by Crippen LogP contribution is 1.99. The Hall–Kier alpha value is -1.33. The van der Waals surface area contributed by atoms with Gasteiger partial charge in [-0.3, -0.25) is 4.85 Å². The average molecular weight is 147 g/mol. The number of hydrogen-bond acceptors (Lipinski definition) is 1. The van der Waals surface area contributed by atoms with Crippen LogP contribution in [-0.2, 0) is 11.3 Å². The van der Waals surface area contributed by atoms with Gasteiger partial charge < -0.3 is 4.74 Å². The predicted octanol–water partition coefficient (Wildman–Crippen LogP) is 2.08. The maximum Gasteiger partial charge on any atom is 0.318 e. The SMILES string of the molecule is [C-]#[N+]COCc1ccccc1. The predicted molar refractivity (Wildman–Crippen MR) is 42.7 cm³/mol. The highest BCUT2D eigenvalue weighted by molar-refractivity contribution is 5.13. The van der Waals surface area contributed by atoms with Crippen LogP contribution in [-0.4, -0.2) is 6.73 Å². The molecule has 0 heterocycles. The van der Waals surface area contributed by atoms with Crippen LogP contribution in [0.4, 0.5) is 0 Å². The van der Waals surface area contributed by atoms with Crippen molar-refractivity contribution >= 4 is 0 Å². The van der Waals surface area contributed by atoms with Crippen molar-refractivity contribution in [3.63, 3.8) is 0 Å². The fraction of sp³-hybridized carbons (Fsp3) is 0.222. The van der Waals surface area contributed by atoms with Crippen molar-refractivity contribution in [2.45, 2.75) is 6.61 Å². The van der Waals surface area contributed by atoms with Crippen molar-refractivity contribution in [3.05, 3.63) is 47.3 Å². The molecule has 0 fully saturated rings. The summed E-state index contributed by atoms with van der Waals surface area (Å²) in [6.45, 7) is 7.15. The van der Waals surface area contributed by atoms with Gasteiger partial charge in [0.2, 0.25) is 0 Å². The molecule has 0 aliphatic heterocycles. The van der Waals surface area contributed by atoms with Gasteiger partial charge in [-0.15, -0.1) is 0 Å². The summed E-state index contributed by atoms with van der Waals surface area (Å²) < 4.78 is 5.01. The lowest BCUT2D eigenvalue weighted by Gasteiger charge is -1.96. The molecule has 2 nitrogen and oxygen atoms in total. The minimum atomic E-state index is 0.148. The molecular formula is C9H9NO. The standard InChI is InChI=1S/C9H9NO/c1-10-8-11-7-9-5-3-2-4-6-9/h2-6H,7-8H2. The Bertz CT molecular complexity index is 237. The van der Waals surface area contributed by atoms with Crippen LogP contribution in [0, 0.1) is 6.57 Å². The van der Waals surface area contributed by atoms with Gasteiger partial charge in [-0.2, -0.15) is 0 Å². The van der Waals surface area contributed by atoms with Gasteiger partial charge in [0.25, 0.3) is 0 Å². The molecule has 0 saturated heterocycles. The third-order valence-corrected chi connectivity index (χ3v) is 1.27. The smallest absolute Gasteiger partial charge is 0.308 e. The summed E-state index contributed by atoms with van der Waals surface area (Å²) in [6, 6.07) is 9.82. The third kappa shape index (κ3) is 2.83. The lowest BCUT2D eigenvalue weighted by Crippen LogP contribution is -1.90. The van der Waals surface area contributed by atoms with E-state index >= 15 is 0 Å². The maximum atomic E-state index is 6.47. The van der Waals surface area contributed by atoms with Gasteiger partial charge in [0.05, 0.1) is 6.61 Å². The molecule has 0 N–H and O–H groups in total. The Labute approximate surface area is 66.2 Å². The summed E-state index contributed by atoms with van der Waals surface area (Å²) >= 11 is 0. The zero-order valence-electron chi connectivity index (χ0n) is 6.16. The van der Waals surface area contributed by atoms with Crippen molar-refractivity contribution in [3.8, 4) is 0 Å². The van der Waals surface area contributed by atoms with Crippen molar-refractivity contribution in [2.24, 2.45) is 0 Å². The summed E-state index contributed by atoms with van der Waals surface area (Å²) in [5.41, 5.74) is 1.11. The summed E-state index contributed by atoms with van der Waals surface area (Å²) in [4.78, 5) is 3.08. The lowest BCUT2D eigenvalue weighted by molar-refractivity contribution is 0.147. The lowest BCUT2D eigenvalue weighted by atomic mass is 10.2. The first-order chi connectivity index (χ1) is 5.43. The second-order valence-corrected chi connectivity index (χ2v) is 2.12. The van der Waals surface area contributed by atoms with E-state index in [1.165, 1.54) is 0 Å². The van der Waals surface area contributed by atoms with Crippen LogP contribution in [0.25, 0.3) is 4.85 Å². The van der Waals surface area contributed by atoms with Crippen LogP contribution >= 0.6 is 0 Å². The van der Waals surface area contributed by atoms with E-state index in [4.69, 9.17) is 11.3 Å². The summed E-state index contributed by atoms with van der Waals surface area (Å²) in [5.74, 6) is 0. The largest absolute Gasteiger partial charge is 0.318 e. The first-order valence-corrected chi connectivity index (χ1v) is 3.38. The second-order valence-electron chi connectivity index (χ2n) is 2.12. The van der Waals surface area contributed by atoms with Gasteiger partial charge in [-0.05, 0) is 5.56 Å².